The van der Waals surface area contributed by atoms with Crippen molar-refractivity contribution in [3.63, 3.8) is 0 Å². The summed E-state index contributed by atoms with van der Waals surface area (Å²) in [4.78, 5) is 34.1. The minimum atomic E-state index is -0.907. The maximum absolute atomic E-state index is 12.5. The molecule has 0 saturated heterocycles. The molecule has 2 aromatic rings. The zero-order valence-electron chi connectivity index (χ0n) is 15.1. The fourth-order valence-corrected chi connectivity index (χ4v) is 4.95. The van der Waals surface area contributed by atoms with Crippen molar-refractivity contribution in [1.82, 2.24) is 15.3 Å². The van der Waals surface area contributed by atoms with Gasteiger partial charge >= 0.3 is 0 Å². The lowest BCUT2D eigenvalue weighted by molar-refractivity contribution is -0.120. The summed E-state index contributed by atoms with van der Waals surface area (Å²) in [5.41, 5.74) is 0.122. The highest BCUT2D eigenvalue weighted by molar-refractivity contribution is 7.99. The highest BCUT2D eigenvalue weighted by atomic mass is 32.2. The van der Waals surface area contributed by atoms with Crippen LogP contribution in [0.4, 0.5) is 0 Å². The van der Waals surface area contributed by atoms with Crippen molar-refractivity contribution in [2.45, 2.75) is 57.1 Å². The number of amides is 1. The van der Waals surface area contributed by atoms with Gasteiger partial charge in [0, 0.05) is 4.88 Å². The fraction of sp³-hybridized carbons (Fsp3) is 0.556. The van der Waals surface area contributed by atoms with Gasteiger partial charge in [-0.25, -0.2) is 4.98 Å². The van der Waals surface area contributed by atoms with E-state index < -0.39 is 5.54 Å². The highest BCUT2D eigenvalue weighted by Crippen LogP contribution is 2.34. The largest absolute Gasteiger partial charge is 0.337 e. The van der Waals surface area contributed by atoms with Crippen molar-refractivity contribution in [2.24, 2.45) is 5.92 Å². The van der Waals surface area contributed by atoms with Crippen LogP contribution in [0.15, 0.2) is 9.95 Å². The topological polar surface area (TPSA) is 98.6 Å². The van der Waals surface area contributed by atoms with Crippen molar-refractivity contribution in [1.29, 1.82) is 5.26 Å². The van der Waals surface area contributed by atoms with Gasteiger partial charge in [-0.2, -0.15) is 5.26 Å². The van der Waals surface area contributed by atoms with Gasteiger partial charge in [0.2, 0.25) is 5.91 Å². The van der Waals surface area contributed by atoms with Crippen molar-refractivity contribution in [3.8, 4) is 6.07 Å². The molecule has 138 valence electrons. The summed E-state index contributed by atoms with van der Waals surface area (Å²) in [6.07, 6.45) is 4.23. The van der Waals surface area contributed by atoms with Gasteiger partial charge < -0.3 is 10.3 Å². The number of H-pyrrole nitrogens is 1. The predicted octanol–water partition coefficient (Wildman–Crippen LogP) is 3.01. The van der Waals surface area contributed by atoms with Crippen LogP contribution in [0.5, 0.6) is 0 Å². The normalized spacial score (nSPS) is 16.1. The maximum Gasteiger partial charge on any atom is 0.260 e. The van der Waals surface area contributed by atoms with Crippen LogP contribution in [-0.2, 0) is 17.6 Å². The van der Waals surface area contributed by atoms with Gasteiger partial charge in [0.05, 0.1) is 17.2 Å². The maximum atomic E-state index is 12.5. The number of hydrogen-bond acceptors (Lipinski definition) is 6. The van der Waals surface area contributed by atoms with Crippen molar-refractivity contribution < 1.29 is 4.79 Å². The van der Waals surface area contributed by atoms with E-state index in [0.29, 0.717) is 5.16 Å². The van der Waals surface area contributed by atoms with Crippen LogP contribution in [0.3, 0.4) is 0 Å². The summed E-state index contributed by atoms with van der Waals surface area (Å²) in [6.45, 7) is 5.49. The predicted molar refractivity (Wildman–Crippen MR) is 105 cm³/mol. The number of hydrogen-bond donors (Lipinski definition) is 2. The van der Waals surface area contributed by atoms with E-state index in [9.17, 15) is 14.9 Å². The second-order valence-corrected chi connectivity index (χ2v) is 9.12. The molecule has 0 spiro atoms. The van der Waals surface area contributed by atoms with Gasteiger partial charge in [-0.1, -0.05) is 25.6 Å². The van der Waals surface area contributed by atoms with Crippen LogP contribution in [0.2, 0.25) is 0 Å². The molecule has 0 aliphatic heterocycles. The summed E-state index contributed by atoms with van der Waals surface area (Å²) in [5.74, 6) is -0.155. The number of carbonyl (C=O) groups excluding carboxylic acids is 1. The quantitative estimate of drug-likeness (QED) is 0.604. The van der Waals surface area contributed by atoms with E-state index >= 15 is 0 Å². The van der Waals surface area contributed by atoms with Gasteiger partial charge in [-0.15, -0.1) is 11.3 Å². The van der Waals surface area contributed by atoms with Crippen LogP contribution in [-0.4, -0.2) is 27.2 Å². The molecule has 26 heavy (non-hydrogen) atoms. The monoisotopic (exact) mass is 390 g/mol. The Bertz CT molecular complexity index is 941. The summed E-state index contributed by atoms with van der Waals surface area (Å²) < 4.78 is 0. The van der Waals surface area contributed by atoms with Gasteiger partial charge in [-0.3, -0.25) is 9.59 Å². The summed E-state index contributed by atoms with van der Waals surface area (Å²) in [7, 11) is 0. The average Bonchev–Trinajstić information content (AvgIpc) is 2.98. The number of rotatable bonds is 5. The minimum Gasteiger partial charge on any atom is -0.337 e. The van der Waals surface area contributed by atoms with Gasteiger partial charge in [-0.05, 0) is 44.1 Å². The van der Waals surface area contributed by atoms with Crippen LogP contribution >= 0.6 is 23.1 Å². The molecule has 1 amide bonds. The Hall–Kier alpha value is -1.85. The van der Waals surface area contributed by atoms with Crippen molar-refractivity contribution >= 4 is 39.2 Å². The lowest BCUT2D eigenvalue weighted by Gasteiger charge is -2.27. The Labute approximate surface area is 160 Å². The first-order valence-electron chi connectivity index (χ1n) is 8.73. The molecule has 6 nitrogen and oxygen atoms in total. The van der Waals surface area contributed by atoms with E-state index in [0.717, 1.165) is 41.5 Å². The molecule has 0 radical (unpaired) electrons. The number of nitriles is 1. The summed E-state index contributed by atoms with van der Waals surface area (Å²) in [6, 6.07) is 2.16. The molecule has 0 saturated carbocycles. The van der Waals surface area contributed by atoms with E-state index in [4.69, 9.17) is 0 Å². The molecule has 3 rings (SSSR count). The number of thiophene rings is 1. The lowest BCUT2D eigenvalue weighted by Crippen LogP contribution is -2.49. The fourth-order valence-electron chi connectivity index (χ4n) is 2.97. The van der Waals surface area contributed by atoms with E-state index in [1.807, 2.05) is 13.8 Å². The van der Waals surface area contributed by atoms with Crippen LogP contribution in [0.1, 0.15) is 44.1 Å². The third-order valence-corrected chi connectivity index (χ3v) is 6.99. The molecule has 0 bridgehead atoms. The Balaban J connectivity index is 1.75. The summed E-state index contributed by atoms with van der Waals surface area (Å²) >= 11 is 2.78. The SMILES string of the molecule is CC(C)[C@@](C)(C#N)NC(=O)CSc1nc2sc3c(c2c(=O)[nH]1)CCCC3. The number of aryl methyl sites for hydroxylation is 2. The molecular weight excluding hydrogens is 368 g/mol. The average molecular weight is 391 g/mol. The van der Waals surface area contributed by atoms with Gasteiger partial charge in [0.15, 0.2) is 5.16 Å². The summed E-state index contributed by atoms with van der Waals surface area (Å²) in [5, 5.41) is 13.2. The third kappa shape index (κ3) is 3.64. The molecule has 0 unspecified atom stereocenters. The zero-order valence-corrected chi connectivity index (χ0v) is 16.8. The number of carbonyl (C=O) groups is 1. The second kappa shape index (κ2) is 7.41. The second-order valence-electron chi connectivity index (χ2n) is 7.07. The first-order chi connectivity index (χ1) is 12.3. The molecule has 1 atom stereocenters. The number of nitrogens with one attached hydrogen (secondary N) is 2. The first kappa shape index (κ1) is 18.9. The molecule has 0 aromatic carbocycles. The Morgan fingerprint density at radius 2 is 2.19 bits per heavy atom. The highest BCUT2D eigenvalue weighted by Gasteiger charge is 2.30. The van der Waals surface area contributed by atoms with E-state index in [1.165, 1.54) is 16.6 Å². The Kier molecular flexibility index (Phi) is 5.39. The number of nitrogens with zero attached hydrogens (tertiary/aromatic N) is 2. The molecule has 1 aliphatic carbocycles. The molecule has 2 N–H and O–H groups in total. The van der Waals surface area contributed by atoms with Crippen LogP contribution in [0.25, 0.3) is 10.2 Å². The molecule has 0 fully saturated rings. The number of thioether (sulfide) groups is 1. The lowest BCUT2D eigenvalue weighted by atomic mass is 9.90. The molecule has 8 heteroatoms. The molecule has 1 aliphatic rings. The third-order valence-electron chi connectivity index (χ3n) is 4.93. The molecule has 2 heterocycles. The number of aromatic amines is 1. The van der Waals surface area contributed by atoms with E-state index in [-0.39, 0.29) is 23.1 Å². The van der Waals surface area contributed by atoms with E-state index in [1.54, 1.807) is 18.3 Å². The Morgan fingerprint density at radius 3 is 2.88 bits per heavy atom. The van der Waals surface area contributed by atoms with Crippen LogP contribution in [0, 0.1) is 17.2 Å². The van der Waals surface area contributed by atoms with Gasteiger partial charge in [0.25, 0.3) is 5.56 Å². The standard InChI is InChI=1S/C18H22N4O2S2/c1-10(2)18(3,9-19)22-13(23)8-25-17-20-15(24)14-11-6-4-5-7-12(11)26-16(14)21-17/h10H,4-8H2,1-3H3,(H,22,23)(H,20,21,24)/t18-/m1/s1. The zero-order chi connectivity index (χ0) is 18.9. The molecular formula is C18H22N4O2S2. The molecule has 2 aromatic heterocycles. The smallest absolute Gasteiger partial charge is 0.260 e. The minimum absolute atomic E-state index is 0.00632. The van der Waals surface area contributed by atoms with Crippen molar-refractivity contribution in [2.75, 3.05) is 5.75 Å². The van der Waals surface area contributed by atoms with E-state index in [2.05, 4.69) is 21.4 Å². The first-order valence-corrected chi connectivity index (χ1v) is 10.5. The van der Waals surface area contributed by atoms with Crippen molar-refractivity contribution in [3.05, 3.63) is 20.8 Å². The Morgan fingerprint density at radius 1 is 1.46 bits per heavy atom. The number of aromatic nitrogens is 2. The van der Waals surface area contributed by atoms with Gasteiger partial charge in [0.1, 0.15) is 10.4 Å². The van der Waals surface area contributed by atoms with Crippen LogP contribution < -0.4 is 10.9 Å². The number of fused-ring (bicyclic) bond motifs is 3.